The van der Waals surface area contributed by atoms with Crippen LogP contribution in [0.25, 0.3) is 0 Å². The predicted octanol–water partition coefficient (Wildman–Crippen LogP) is 0.836. The van der Waals surface area contributed by atoms with Crippen LogP contribution in [0.4, 0.5) is 0 Å². The molecule has 0 aliphatic heterocycles. The van der Waals surface area contributed by atoms with Crippen molar-refractivity contribution in [2.75, 3.05) is 26.4 Å². The third kappa shape index (κ3) is 3.27. The lowest BCUT2D eigenvalue weighted by molar-refractivity contribution is -0.129. The van der Waals surface area contributed by atoms with Gasteiger partial charge in [-0.25, -0.2) is 0 Å². The fraction of sp³-hybridized carbons (Fsp3) is 0.875. The summed E-state index contributed by atoms with van der Waals surface area (Å²) in [5, 5.41) is 3.14. The van der Waals surface area contributed by atoms with Gasteiger partial charge < -0.3 is 20.5 Å². The summed E-state index contributed by atoms with van der Waals surface area (Å²) in [4.78, 5) is 22.5. The van der Waals surface area contributed by atoms with Crippen LogP contribution in [0.2, 0.25) is 0 Å². The highest BCUT2D eigenvalue weighted by Gasteiger charge is 2.61. The lowest BCUT2D eigenvalue weighted by Gasteiger charge is -2.39. The minimum absolute atomic E-state index is 0.0254. The van der Waals surface area contributed by atoms with Gasteiger partial charge in [0.05, 0.1) is 13.2 Å². The summed E-state index contributed by atoms with van der Waals surface area (Å²) in [5.41, 5.74) is 5.41. The van der Waals surface area contributed by atoms with E-state index in [0.717, 1.165) is 6.42 Å². The number of ether oxygens (including phenoxy) is 2. The number of hydrogen-bond donors (Lipinski definition) is 2. The van der Waals surface area contributed by atoms with Crippen molar-refractivity contribution in [2.24, 2.45) is 22.5 Å². The standard InChI is InChI=1S/C16H28N2O4/c1-15(2)11-4-5-16(15,3)12(8-11)18-14(20)10-22-7-6-21-9-13(17)19/h11-12H,4-10H2,1-3H3,(H2,17,19)(H,18,20)/t11-,12+,16+/m0/s1. The summed E-state index contributed by atoms with van der Waals surface area (Å²) in [6.07, 6.45) is 3.51. The summed E-state index contributed by atoms with van der Waals surface area (Å²) in [6, 6.07) is 0.239. The summed E-state index contributed by atoms with van der Waals surface area (Å²) in [7, 11) is 0. The number of amides is 2. The van der Waals surface area contributed by atoms with Gasteiger partial charge in [-0.15, -0.1) is 0 Å². The van der Waals surface area contributed by atoms with Gasteiger partial charge in [0.15, 0.2) is 0 Å². The van der Waals surface area contributed by atoms with Crippen LogP contribution in [0.15, 0.2) is 0 Å². The summed E-state index contributed by atoms with van der Waals surface area (Å²) in [5.74, 6) is 0.111. The van der Waals surface area contributed by atoms with E-state index in [9.17, 15) is 9.59 Å². The molecular formula is C16H28N2O4. The van der Waals surface area contributed by atoms with Gasteiger partial charge in [0, 0.05) is 6.04 Å². The Morgan fingerprint density at radius 3 is 2.32 bits per heavy atom. The Morgan fingerprint density at radius 2 is 1.82 bits per heavy atom. The number of hydrogen-bond acceptors (Lipinski definition) is 4. The molecule has 0 heterocycles. The first-order valence-corrected chi connectivity index (χ1v) is 8.00. The molecule has 2 saturated carbocycles. The third-order valence-electron chi connectivity index (χ3n) is 5.98. The zero-order valence-corrected chi connectivity index (χ0v) is 13.8. The van der Waals surface area contributed by atoms with Crippen LogP contribution < -0.4 is 11.1 Å². The molecule has 3 atom stereocenters. The Kier molecular flexibility index (Phi) is 5.12. The number of rotatable bonds is 8. The molecule has 0 saturated heterocycles. The molecule has 2 fully saturated rings. The van der Waals surface area contributed by atoms with Crippen LogP contribution in [0.5, 0.6) is 0 Å². The maximum atomic E-state index is 12.0. The van der Waals surface area contributed by atoms with Crippen molar-refractivity contribution >= 4 is 11.8 Å². The van der Waals surface area contributed by atoms with Gasteiger partial charge >= 0.3 is 0 Å². The van der Waals surface area contributed by atoms with Gasteiger partial charge in [-0.2, -0.15) is 0 Å². The van der Waals surface area contributed by atoms with Crippen molar-refractivity contribution in [1.29, 1.82) is 0 Å². The highest BCUT2D eigenvalue weighted by molar-refractivity contribution is 5.77. The molecule has 22 heavy (non-hydrogen) atoms. The van der Waals surface area contributed by atoms with E-state index < -0.39 is 5.91 Å². The summed E-state index contributed by atoms with van der Waals surface area (Å²) >= 11 is 0. The maximum Gasteiger partial charge on any atom is 0.246 e. The van der Waals surface area contributed by atoms with Gasteiger partial charge in [0.1, 0.15) is 13.2 Å². The quantitative estimate of drug-likeness (QED) is 0.650. The largest absolute Gasteiger partial charge is 0.369 e. The van der Waals surface area contributed by atoms with E-state index >= 15 is 0 Å². The molecule has 0 aromatic carbocycles. The van der Waals surface area contributed by atoms with Crippen molar-refractivity contribution in [3.8, 4) is 0 Å². The minimum Gasteiger partial charge on any atom is -0.369 e. The Balaban J connectivity index is 1.67. The van der Waals surface area contributed by atoms with Gasteiger partial charge in [-0.3, -0.25) is 9.59 Å². The molecule has 0 aromatic rings. The number of fused-ring (bicyclic) bond motifs is 2. The number of nitrogens with one attached hydrogen (secondary N) is 1. The number of nitrogens with two attached hydrogens (primary N) is 1. The van der Waals surface area contributed by atoms with Crippen molar-refractivity contribution in [3.05, 3.63) is 0 Å². The van der Waals surface area contributed by atoms with Crippen molar-refractivity contribution in [3.63, 3.8) is 0 Å². The predicted molar refractivity (Wildman–Crippen MR) is 82.0 cm³/mol. The molecule has 2 aliphatic rings. The minimum atomic E-state index is -0.509. The lowest BCUT2D eigenvalue weighted by Crippen LogP contribution is -2.47. The molecule has 6 nitrogen and oxygen atoms in total. The normalized spacial score (nSPS) is 32.1. The maximum absolute atomic E-state index is 12.0. The number of primary amides is 1. The van der Waals surface area contributed by atoms with E-state index in [2.05, 4.69) is 26.1 Å². The molecule has 6 heteroatoms. The van der Waals surface area contributed by atoms with Crippen molar-refractivity contribution < 1.29 is 19.1 Å². The molecular weight excluding hydrogens is 284 g/mol. The molecule has 2 aliphatic carbocycles. The summed E-state index contributed by atoms with van der Waals surface area (Å²) < 4.78 is 10.2. The molecule has 2 amide bonds. The van der Waals surface area contributed by atoms with E-state index in [1.54, 1.807) is 0 Å². The second-order valence-electron chi connectivity index (χ2n) is 7.30. The van der Waals surface area contributed by atoms with Crippen LogP contribution in [-0.4, -0.2) is 44.3 Å². The Labute approximate surface area is 132 Å². The second-order valence-corrected chi connectivity index (χ2v) is 7.30. The molecule has 0 aromatic heterocycles. The third-order valence-corrected chi connectivity index (χ3v) is 5.98. The second kappa shape index (κ2) is 6.54. The zero-order valence-electron chi connectivity index (χ0n) is 13.8. The average molecular weight is 312 g/mol. The van der Waals surface area contributed by atoms with E-state index in [1.165, 1.54) is 12.8 Å². The summed E-state index contributed by atoms with van der Waals surface area (Å²) in [6.45, 7) is 7.38. The SMILES string of the molecule is CC1(C)[C@H]2CC[C@]1(C)[C@H](NC(=O)COCCOCC(N)=O)C2. The topological polar surface area (TPSA) is 90.7 Å². The molecule has 0 radical (unpaired) electrons. The van der Waals surface area contributed by atoms with Crippen molar-refractivity contribution in [2.45, 2.75) is 46.1 Å². The van der Waals surface area contributed by atoms with Gasteiger partial charge in [-0.1, -0.05) is 20.8 Å². The van der Waals surface area contributed by atoms with E-state index in [-0.39, 0.29) is 49.2 Å². The first-order chi connectivity index (χ1) is 10.3. The first-order valence-electron chi connectivity index (χ1n) is 8.00. The van der Waals surface area contributed by atoms with Gasteiger partial charge in [0.25, 0.3) is 0 Å². The highest BCUT2D eigenvalue weighted by atomic mass is 16.5. The Morgan fingerprint density at radius 1 is 1.18 bits per heavy atom. The Bertz CT molecular complexity index is 438. The van der Waals surface area contributed by atoms with Crippen LogP contribution in [0, 0.1) is 16.7 Å². The van der Waals surface area contributed by atoms with E-state index in [1.807, 2.05) is 0 Å². The van der Waals surface area contributed by atoms with E-state index in [4.69, 9.17) is 15.2 Å². The Hall–Kier alpha value is -1.14. The number of carbonyl (C=O) groups is 2. The zero-order chi connectivity index (χ0) is 16.4. The lowest BCUT2D eigenvalue weighted by atomic mass is 9.69. The number of carbonyl (C=O) groups excluding carboxylic acids is 2. The van der Waals surface area contributed by atoms with Crippen LogP contribution in [0.1, 0.15) is 40.0 Å². The van der Waals surface area contributed by atoms with Crippen LogP contribution in [-0.2, 0) is 19.1 Å². The van der Waals surface area contributed by atoms with Crippen LogP contribution in [0.3, 0.4) is 0 Å². The fourth-order valence-corrected chi connectivity index (χ4v) is 4.11. The smallest absolute Gasteiger partial charge is 0.246 e. The molecule has 2 rings (SSSR count). The molecule has 0 spiro atoms. The van der Waals surface area contributed by atoms with Gasteiger partial charge in [0.2, 0.25) is 11.8 Å². The molecule has 2 bridgehead atoms. The monoisotopic (exact) mass is 312 g/mol. The molecule has 126 valence electrons. The van der Waals surface area contributed by atoms with E-state index in [0.29, 0.717) is 5.92 Å². The van der Waals surface area contributed by atoms with Crippen molar-refractivity contribution in [1.82, 2.24) is 5.32 Å². The molecule has 3 N–H and O–H groups in total. The first kappa shape index (κ1) is 17.2. The average Bonchev–Trinajstić information content (AvgIpc) is 2.75. The highest BCUT2D eigenvalue weighted by Crippen LogP contribution is 2.65. The van der Waals surface area contributed by atoms with Gasteiger partial charge in [-0.05, 0) is 36.0 Å². The van der Waals surface area contributed by atoms with Crippen LogP contribution >= 0.6 is 0 Å². The fourth-order valence-electron chi connectivity index (χ4n) is 4.11. The molecule has 0 unspecified atom stereocenters.